The molecular weight excluding hydrogens is 424 g/mol. The predicted molar refractivity (Wildman–Crippen MR) is 138 cm³/mol. The van der Waals surface area contributed by atoms with E-state index in [2.05, 4.69) is 97.7 Å². The topological polar surface area (TPSA) is 43.6 Å². The van der Waals surface area contributed by atoms with Crippen LogP contribution in [0.15, 0.2) is 66.1 Å². The summed E-state index contributed by atoms with van der Waals surface area (Å²) in [7, 11) is 0. The summed E-state index contributed by atoms with van der Waals surface area (Å²) in [5, 5.41) is 10.1. The minimum atomic E-state index is 0.144. The van der Waals surface area contributed by atoms with Gasteiger partial charge in [-0.05, 0) is 77.8 Å². The van der Waals surface area contributed by atoms with E-state index in [1.54, 1.807) is 24.2 Å². The average molecular weight is 457 g/mol. The van der Waals surface area contributed by atoms with Crippen molar-refractivity contribution in [1.82, 2.24) is 19.7 Å². The molecule has 0 aliphatic heterocycles. The van der Waals surface area contributed by atoms with Crippen LogP contribution in [0.25, 0.3) is 17.1 Å². The molecule has 2 aromatic heterocycles. The molecule has 0 spiro atoms. The van der Waals surface area contributed by atoms with Gasteiger partial charge < -0.3 is 0 Å². The van der Waals surface area contributed by atoms with Gasteiger partial charge in [0.1, 0.15) is 0 Å². The Balaban J connectivity index is 1.71. The number of aromatic nitrogens is 4. The van der Waals surface area contributed by atoms with Crippen LogP contribution in [0.1, 0.15) is 55.5 Å². The van der Waals surface area contributed by atoms with E-state index in [-0.39, 0.29) is 5.41 Å². The Morgan fingerprint density at radius 3 is 2.09 bits per heavy atom. The minimum Gasteiger partial charge on any atom is -0.270 e. The number of rotatable bonds is 6. The molecular formula is C28H32N4S. The van der Waals surface area contributed by atoms with Gasteiger partial charge in [-0.15, -0.1) is 10.2 Å². The number of hydrogen-bond donors (Lipinski definition) is 0. The molecule has 0 N–H and O–H groups in total. The van der Waals surface area contributed by atoms with E-state index in [9.17, 15) is 0 Å². The average Bonchev–Trinajstić information content (AvgIpc) is 3.22. The molecule has 0 saturated carbocycles. The van der Waals surface area contributed by atoms with Gasteiger partial charge in [0.2, 0.25) is 0 Å². The Morgan fingerprint density at radius 1 is 0.879 bits per heavy atom. The first-order valence-corrected chi connectivity index (χ1v) is 12.4. The zero-order chi connectivity index (χ0) is 23.6. The lowest BCUT2D eigenvalue weighted by atomic mass is 9.84. The third-order valence-electron chi connectivity index (χ3n) is 6.08. The highest BCUT2D eigenvalue weighted by Gasteiger charge is 2.19. The summed E-state index contributed by atoms with van der Waals surface area (Å²) in [5.74, 6) is 1.68. The van der Waals surface area contributed by atoms with Crippen molar-refractivity contribution in [3.05, 3.63) is 88.7 Å². The first kappa shape index (κ1) is 23.2. The first-order valence-electron chi connectivity index (χ1n) is 11.5. The van der Waals surface area contributed by atoms with Gasteiger partial charge >= 0.3 is 0 Å². The third-order valence-corrected chi connectivity index (χ3v) is 7.04. The monoisotopic (exact) mass is 456 g/mol. The highest BCUT2D eigenvalue weighted by molar-refractivity contribution is 7.98. The van der Waals surface area contributed by atoms with Gasteiger partial charge in [0, 0.05) is 29.4 Å². The zero-order valence-electron chi connectivity index (χ0n) is 20.4. The van der Waals surface area contributed by atoms with Gasteiger partial charge in [-0.1, -0.05) is 63.7 Å². The Kier molecular flexibility index (Phi) is 6.71. The molecule has 0 unspecified atom stereocenters. The van der Waals surface area contributed by atoms with E-state index in [4.69, 9.17) is 0 Å². The quantitative estimate of drug-likeness (QED) is 0.290. The lowest BCUT2D eigenvalue weighted by Gasteiger charge is -2.22. The normalized spacial score (nSPS) is 11.7. The summed E-state index contributed by atoms with van der Waals surface area (Å²) in [6, 6.07) is 17.3. The molecule has 4 aromatic rings. The van der Waals surface area contributed by atoms with Gasteiger partial charge in [0.15, 0.2) is 11.0 Å². The smallest absolute Gasteiger partial charge is 0.196 e. The molecule has 2 aromatic carbocycles. The third kappa shape index (κ3) is 5.03. The molecule has 0 fully saturated rings. The van der Waals surface area contributed by atoms with Crippen LogP contribution in [0.2, 0.25) is 0 Å². The molecule has 0 aliphatic rings. The second-order valence-corrected chi connectivity index (χ2v) is 10.5. The molecule has 0 aliphatic carbocycles. The van der Waals surface area contributed by atoms with Crippen molar-refractivity contribution in [1.29, 1.82) is 0 Å². The second-order valence-electron chi connectivity index (χ2n) is 9.52. The Labute approximate surface area is 201 Å². The molecule has 4 rings (SSSR count). The maximum atomic E-state index is 4.60. The van der Waals surface area contributed by atoms with Crippen LogP contribution in [0, 0.1) is 13.8 Å². The molecule has 33 heavy (non-hydrogen) atoms. The van der Waals surface area contributed by atoms with E-state index in [1.807, 2.05) is 12.1 Å². The summed E-state index contributed by atoms with van der Waals surface area (Å²) in [6.07, 6.45) is 4.61. The molecule has 0 bridgehead atoms. The van der Waals surface area contributed by atoms with Crippen LogP contribution >= 0.6 is 11.8 Å². The molecule has 5 heteroatoms. The van der Waals surface area contributed by atoms with Gasteiger partial charge in [0.25, 0.3) is 0 Å². The Morgan fingerprint density at radius 2 is 1.52 bits per heavy atom. The van der Waals surface area contributed by atoms with Crippen LogP contribution in [-0.2, 0) is 17.6 Å². The summed E-state index contributed by atoms with van der Waals surface area (Å²) < 4.78 is 2.16. The van der Waals surface area contributed by atoms with Crippen molar-refractivity contribution in [3.8, 4) is 17.1 Å². The molecule has 4 nitrogen and oxygen atoms in total. The highest BCUT2D eigenvalue weighted by atomic mass is 32.2. The Bertz CT molecular complexity index is 1210. The van der Waals surface area contributed by atoms with Crippen LogP contribution < -0.4 is 0 Å². The lowest BCUT2D eigenvalue weighted by Crippen LogP contribution is -2.12. The van der Waals surface area contributed by atoms with E-state index < -0.39 is 0 Å². The summed E-state index contributed by atoms with van der Waals surface area (Å²) in [5.41, 5.74) is 8.96. The second kappa shape index (κ2) is 9.52. The van der Waals surface area contributed by atoms with Gasteiger partial charge in [-0.3, -0.25) is 9.55 Å². The molecule has 0 radical (unpaired) electrons. The fourth-order valence-electron chi connectivity index (χ4n) is 3.96. The van der Waals surface area contributed by atoms with Crippen LogP contribution in [-0.4, -0.2) is 19.7 Å². The van der Waals surface area contributed by atoms with E-state index >= 15 is 0 Å². The van der Waals surface area contributed by atoms with Crippen LogP contribution in [0.4, 0.5) is 0 Å². The van der Waals surface area contributed by atoms with Crippen LogP contribution in [0.3, 0.4) is 0 Å². The van der Waals surface area contributed by atoms with Gasteiger partial charge in [-0.25, -0.2) is 0 Å². The van der Waals surface area contributed by atoms with Crippen molar-refractivity contribution in [3.63, 3.8) is 0 Å². The van der Waals surface area contributed by atoms with Crippen molar-refractivity contribution < 1.29 is 0 Å². The number of nitrogens with zero attached hydrogens (tertiary/aromatic N) is 4. The number of pyridine rings is 1. The van der Waals surface area contributed by atoms with E-state index in [1.165, 1.54) is 27.8 Å². The minimum absolute atomic E-state index is 0.144. The van der Waals surface area contributed by atoms with Gasteiger partial charge in [0.05, 0.1) is 0 Å². The number of thioether (sulfide) groups is 1. The number of hydrogen-bond acceptors (Lipinski definition) is 4. The predicted octanol–water partition coefficient (Wildman–Crippen LogP) is 7.10. The SMILES string of the molecule is CCc1ccc(-n2c(SCc3c(C)cc(C(C)(C)C)cc3C)nnc2-c2ccncc2)cc1. The van der Waals surface area contributed by atoms with E-state index in [0.717, 1.165) is 34.4 Å². The highest BCUT2D eigenvalue weighted by Crippen LogP contribution is 2.33. The maximum Gasteiger partial charge on any atom is 0.196 e. The fourth-order valence-corrected chi connectivity index (χ4v) is 5.10. The standard InChI is InChI=1S/C28H32N4S/c1-7-21-8-10-24(11-9-21)32-26(22-12-14-29-15-13-22)30-31-27(32)33-18-25-19(2)16-23(17-20(25)3)28(4,5)6/h8-17H,7,18H2,1-6H3. The fraction of sp³-hybridized carbons (Fsp3) is 0.321. The molecule has 0 amide bonds. The first-order chi connectivity index (χ1) is 15.8. The van der Waals surface area contributed by atoms with Crippen molar-refractivity contribution in [2.45, 2.75) is 64.3 Å². The molecule has 0 atom stereocenters. The summed E-state index contributed by atoms with van der Waals surface area (Å²) >= 11 is 1.74. The van der Waals surface area contributed by atoms with Crippen LogP contribution in [0.5, 0.6) is 0 Å². The lowest BCUT2D eigenvalue weighted by molar-refractivity contribution is 0.589. The maximum absolute atomic E-state index is 4.60. The number of aryl methyl sites for hydroxylation is 3. The van der Waals surface area contributed by atoms with E-state index in [0.29, 0.717) is 0 Å². The molecule has 0 saturated heterocycles. The molecule has 170 valence electrons. The van der Waals surface area contributed by atoms with Crippen molar-refractivity contribution in [2.75, 3.05) is 0 Å². The largest absolute Gasteiger partial charge is 0.270 e. The Hall–Kier alpha value is -2.92. The summed E-state index contributed by atoms with van der Waals surface area (Å²) in [6.45, 7) is 13.4. The summed E-state index contributed by atoms with van der Waals surface area (Å²) in [4.78, 5) is 4.16. The van der Waals surface area contributed by atoms with Crippen molar-refractivity contribution in [2.24, 2.45) is 0 Å². The number of benzene rings is 2. The molecule has 2 heterocycles. The zero-order valence-corrected chi connectivity index (χ0v) is 21.2. The van der Waals surface area contributed by atoms with Gasteiger partial charge in [-0.2, -0.15) is 0 Å². The van der Waals surface area contributed by atoms with Crippen molar-refractivity contribution >= 4 is 11.8 Å².